The number of halogens is 1. The van der Waals surface area contributed by atoms with Crippen LogP contribution in [-0.4, -0.2) is 37.6 Å². The van der Waals surface area contributed by atoms with Crippen molar-refractivity contribution in [1.29, 1.82) is 0 Å². The van der Waals surface area contributed by atoms with Crippen LogP contribution in [0.3, 0.4) is 0 Å². The first kappa shape index (κ1) is 12.3. The Bertz CT molecular complexity index is 353. The number of hydrogen-bond acceptors (Lipinski definition) is 3. The van der Waals surface area contributed by atoms with Crippen LogP contribution in [0.2, 0.25) is 0 Å². The summed E-state index contributed by atoms with van der Waals surface area (Å²) in [5, 5.41) is 0. The number of rotatable bonds is 4. The highest BCUT2D eigenvalue weighted by Gasteiger charge is 2.29. The molecule has 1 saturated heterocycles. The fourth-order valence-electron chi connectivity index (χ4n) is 2.04. The van der Waals surface area contributed by atoms with Gasteiger partial charge < -0.3 is 9.47 Å². The van der Waals surface area contributed by atoms with E-state index >= 15 is 0 Å². The first-order valence-corrected chi connectivity index (χ1v) is 5.79. The number of nitrogens with zero attached hydrogens (tertiary/aromatic N) is 1. The highest BCUT2D eigenvalue weighted by molar-refractivity contribution is 5.27. The second-order valence-corrected chi connectivity index (χ2v) is 4.34. The molecule has 17 heavy (non-hydrogen) atoms. The maximum atomic E-state index is 13.3. The fraction of sp³-hybridized carbons (Fsp3) is 0.538. The van der Waals surface area contributed by atoms with Gasteiger partial charge in [0.15, 0.2) is 0 Å². The van der Waals surface area contributed by atoms with Gasteiger partial charge in [0, 0.05) is 6.54 Å². The van der Waals surface area contributed by atoms with Crippen LogP contribution in [0.25, 0.3) is 0 Å². The van der Waals surface area contributed by atoms with Crippen molar-refractivity contribution in [2.24, 2.45) is 0 Å². The third-order valence-corrected chi connectivity index (χ3v) is 3.09. The zero-order valence-corrected chi connectivity index (χ0v) is 10.2. The Balaban J connectivity index is 1.99. The molecule has 2 atom stereocenters. The number of hydrogen-bond donors (Lipinski definition) is 0. The molecule has 0 unspecified atom stereocenters. The zero-order chi connectivity index (χ0) is 12.3. The van der Waals surface area contributed by atoms with E-state index in [1.54, 1.807) is 14.0 Å². The smallest absolute Gasteiger partial charge is 0.118 e. The van der Waals surface area contributed by atoms with E-state index in [2.05, 4.69) is 0 Å². The Kier molecular flexibility index (Phi) is 3.97. The molecule has 0 spiro atoms. The van der Waals surface area contributed by atoms with Crippen LogP contribution >= 0.6 is 0 Å². The Morgan fingerprint density at radius 1 is 1.47 bits per heavy atom. The summed E-state index contributed by atoms with van der Waals surface area (Å²) in [6.07, 6.45) is -0.865. The van der Waals surface area contributed by atoms with Crippen LogP contribution < -0.4 is 4.74 Å². The summed E-state index contributed by atoms with van der Waals surface area (Å²) in [6.45, 7) is 3.28. The minimum Gasteiger partial charge on any atom is -0.497 e. The number of ether oxygens (including phenoxy) is 2. The van der Waals surface area contributed by atoms with Gasteiger partial charge >= 0.3 is 0 Å². The Morgan fingerprint density at radius 3 is 2.76 bits per heavy atom. The lowest BCUT2D eigenvalue weighted by Gasteiger charge is -2.23. The van der Waals surface area contributed by atoms with E-state index in [1.165, 1.54) is 0 Å². The highest BCUT2D eigenvalue weighted by atomic mass is 19.1. The van der Waals surface area contributed by atoms with Crippen LogP contribution in [0.15, 0.2) is 24.3 Å². The maximum Gasteiger partial charge on any atom is 0.118 e. The molecule has 0 N–H and O–H groups in total. The molecule has 1 aromatic carbocycles. The second kappa shape index (κ2) is 5.47. The lowest BCUT2D eigenvalue weighted by Crippen LogP contribution is -2.36. The van der Waals surface area contributed by atoms with Crippen LogP contribution in [0.5, 0.6) is 5.75 Å². The molecule has 1 aliphatic heterocycles. The van der Waals surface area contributed by atoms with Crippen molar-refractivity contribution in [3.05, 3.63) is 29.8 Å². The van der Waals surface area contributed by atoms with Gasteiger partial charge in [-0.15, -0.1) is 0 Å². The summed E-state index contributed by atoms with van der Waals surface area (Å²) in [4.78, 5) is 2.02. The van der Waals surface area contributed by atoms with Gasteiger partial charge in [0.25, 0.3) is 0 Å². The molecule has 0 radical (unpaired) electrons. The van der Waals surface area contributed by atoms with E-state index in [0.29, 0.717) is 19.9 Å². The molecule has 0 bridgehead atoms. The van der Waals surface area contributed by atoms with Crippen molar-refractivity contribution in [3.8, 4) is 5.75 Å². The van der Waals surface area contributed by atoms with Crippen LogP contribution in [0.1, 0.15) is 12.5 Å². The molecule has 1 heterocycles. The summed E-state index contributed by atoms with van der Waals surface area (Å²) in [7, 11) is 1.64. The molecule has 0 amide bonds. The van der Waals surface area contributed by atoms with Gasteiger partial charge in [-0.2, -0.15) is 0 Å². The van der Waals surface area contributed by atoms with Gasteiger partial charge in [-0.3, -0.25) is 4.90 Å². The molecular formula is C13H18FNO2. The molecule has 3 nitrogen and oxygen atoms in total. The average Bonchev–Trinajstić information content (AvgIpc) is 2.78. The molecule has 1 fully saturated rings. The van der Waals surface area contributed by atoms with Gasteiger partial charge in [-0.25, -0.2) is 4.39 Å². The van der Waals surface area contributed by atoms with Gasteiger partial charge in [-0.05, 0) is 24.6 Å². The minimum absolute atomic E-state index is 0.128. The number of methoxy groups -OCH3 is 1. The predicted molar refractivity (Wildman–Crippen MR) is 63.7 cm³/mol. The third-order valence-electron chi connectivity index (χ3n) is 3.09. The quantitative estimate of drug-likeness (QED) is 0.804. The SMILES string of the molecule is COc1ccc(CN2COC[C@@H]2[C@@H](C)F)cc1. The molecule has 0 aromatic heterocycles. The zero-order valence-electron chi connectivity index (χ0n) is 10.2. The predicted octanol–water partition coefficient (Wildman–Crippen LogP) is 2.21. The number of alkyl halides is 1. The van der Waals surface area contributed by atoms with E-state index in [9.17, 15) is 4.39 Å². The largest absolute Gasteiger partial charge is 0.497 e. The van der Waals surface area contributed by atoms with E-state index in [-0.39, 0.29) is 6.04 Å². The summed E-state index contributed by atoms with van der Waals surface area (Å²) in [5.74, 6) is 0.835. The van der Waals surface area contributed by atoms with Crippen molar-refractivity contribution in [1.82, 2.24) is 4.90 Å². The van der Waals surface area contributed by atoms with Gasteiger partial charge in [0.2, 0.25) is 0 Å². The van der Waals surface area contributed by atoms with Gasteiger partial charge in [0.05, 0.1) is 26.5 Å². The molecule has 4 heteroatoms. The summed E-state index contributed by atoms with van der Waals surface area (Å²) >= 11 is 0. The van der Waals surface area contributed by atoms with E-state index in [0.717, 1.165) is 11.3 Å². The normalized spacial score (nSPS) is 22.6. The van der Waals surface area contributed by atoms with Crippen molar-refractivity contribution < 1.29 is 13.9 Å². The Morgan fingerprint density at radius 2 is 2.18 bits per heavy atom. The first-order chi connectivity index (χ1) is 8.20. The summed E-state index contributed by atoms with van der Waals surface area (Å²) < 4.78 is 23.7. The molecule has 1 aliphatic rings. The molecule has 0 aliphatic carbocycles. The molecular weight excluding hydrogens is 221 g/mol. The highest BCUT2D eigenvalue weighted by Crippen LogP contribution is 2.20. The van der Waals surface area contributed by atoms with E-state index < -0.39 is 6.17 Å². The first-order valence-electron chi connectivity index (χ1n) is 5.79. The van der Waals surface area contributed by atoms with Crippen molar-refractivity contribution in [2.75, 3.05) is 20.4 Å². The lowest BCUT2D eigenvalue weighted by molar-refractivity contribution is 0.125. The summed E-state index contributed by atoms with van der Waals surface area (Å²) in [6, 6.07) is 7.70. The van der Waals surface area contributed by atoms with E-state index in [4.69, 9.17) is 9.47 Å². The number of benzene rings is 1. The minimum atomic E-state index is -0.865. The van der Waals surface area contributed by atoms with Crippen molar-refractivity contribution >= 4 is 0 Å². The van der Waals surface area contributed by atoms with Crippen LogP contribution in [0, 0.1) is 0 Å². The van der Waals surface area contributed by atoms with Crippen LogP contribution in [-0.2, 0) is 11.3 Å². The summed E-state index contributed by atoms with van der Waals surface area (Å²) in [5.41, 5.74) is 1.14. The Hall–Kier alpha value is -1.13. The van der Waals surface area contributed by atoms with Crippen LogP contribution in [0.4, 0.5) is 4.39 Å². The maximum absolute atomic E-state index is 13.3. The van der Waals surface area contributed by atoms with E-state index in [1.807, 2.05) is 29.2 Å². The molecule has 1 aromatic rings. The van der Waals surface area contributed by atoms with Gasteiger partial charge in [0.1, 0.15) is 11.9 Å². The fourth-order valence-corrected chi connectivity index (χ4v) is 2.04. The van der Waals surface area contributed by atoms with Crippen molar-refractivity contribution in [3.63, 3.8) is 0 Å². The standard InChI is InChI=1S/C13H18FNO2/c1-10(14)13-8-17-9-15(13)7-11-3-5-12(16-2)6-4-11/h3-6,10,13H,7-9H2,1-2H3/t10-,13-/m1/s1. The molecule has 0 saturated carbocycles. The average molecular weight is 239 g/mol. The second-order valence-electron chi connectivity index (χ2n) is 4.34. The topological polar surface area (TPSA) is 21.7 Å². The monoisotopic (exact) mass is 239 g/mol. The molecule has 94 valence electrons. The Labute approximate surface area is 101 Å². The molecule has 2 rings (SSSR count). The van der Waals surface area contributed by atoms with Crippen molar-refractivity contribution in [2.45, 2.75) is 25.7 Å². The van der Waals surface area contributed by atoms with Gasteiger partial charge in [-0.1, -0.05) is 12.1 Å². The lowest BCUT2D eigenvalue weighted by atomic mass is 10.1. The third kappa shape index (κ3) is 2.96.